The van der Waals surface area contributed by atoms with Crippen LogP contribution >= 0.6 is 0 Å². The number of carbonyl (C=O) groups excluding carboxylic acids is 1. The highest BCUT2D eigenvalue weighted by atomic mass is 16.2. The first-order chi connectivity index (χ1) is 6.29. The second kappa shape index (κ2) is 3.01. The van der Waals surface area contributed by atoms with Gasteiger partial charge in [-0.2, -0.15) is 5.10 Å². The molecule has 3 heteroatoms. The minimum Gasteiger partial charge on any atom is -0.272 e. The van der Waals surface area contributed by atoms with Crippen molar-refractivity contribution in [3.63, 3.8) is 0 Å². The van der Waals surface area contributed by atoms with E-state index in [2.05, 4.69) is 10.5 Å². The number of carbonyl (C=O) groups is 1. The van der Waals surface area contributed by atoms with Gasteiger partial charge in [-0.05, 0) is 12.5 Å². The third-order valence-corrected chi connectivity index (χ3v) is 2.16. The van der Waals surface area contributed by atoms with Crippen molar-refractivity contribution < 1.29 is 4.79 Å². The lowest BCUT2D eigenvalue weighted by atomic mass is 9.99. The zero-order valence-electron chi connectivity index (χ0n) is 7.32. The topological polar surface area (TPSA) is 41.5 Å². The Morgan fingerprint density at radius 3 is 2.54 bits per heavy atom. The van der Waals surface area contributed by atoms with Gasteiger partial charge in [-0.15, -0.1) is 0 Å². The van der Waals surface area contributed by atoms with Gasteiger partial charge in [0.1, 0.15) is 0 Å². The minimum atomic E-state index is -0.137. The molecular formula is C10H10N2O. The molecule has 1 aliphatic rings. The number of amides is 1. The van der Waals surface area contributed by atoms with Gasteiger partial charge in [-0.1, -0.05) is 30.3 Å². The molecule has 0 fully saturated rings. The van der Waals surface area contributed by atoms with Crippen LogP contribution in [0.15, 0.2) is 35.4 Å². The Hall–Kier alpha value is -1.64. The van der Waals surface area contributed by atoms with Crippen LogP contribution in [0, 0.1) is 5.92 Å². The first-order valence-electron chi connectivity index (χ1n) is 4.22. The number of rotatable bonds is 1. The summed E-state index contributed by atoms with van der Waals surface area (Å²) in [7, 11) is 0. The van der Waals surface area contributed by atoms with E-state index in [1.165, 1.54) is 0 Å². The highest BCUT2D eigenvalue weighted by molar-refractivity contribution is 6.15. The molecule has 13 heavy (non-hydrogen) atoms. The monoisotopic (exact) mass is 174 g/mol. The molecule has 0 spiro atoms. The van der Waals surface area contributed by atoms with Crippen molar-refractivity contribution in [2.45, 2.75) is 6.92 Å². The van der Waals surface area contributed by atoms with E-state index in [9.17, 15) is 4.79 Å². The number of nitrogens with one attached hydrogen (secondary N) is 1. The number of nitrogens with zero attached hydrogens (tertiary/aromatic N) is 1. The van der Waals surface area contributed by atoms with Crippen LogP contribution in [-0.4, -0.2) is 11.6 Å². The summed E-state index contributed by atoms with van der Waals surface area (Å²) in [5.74, 6) is -0.166. The van der Waals surface area contributed by atoms with Crippen molar-refractivity contribution in [3.8, 4) is 0 Å². The SMILES string of the molecule is CC1C(=O)NN=C1c1ccccc1. The van der Waals surface area contributed by atoms with Crippen LogP contribution in [0.2, 0.25) is 0 Å². The number of hydrogen-bond acceptors (Lipinski definition) is 2. The van der Waals surface area contributed by atoms with Gasteiger partial charge in [0.25, 0.3) is 0 Å². The summed E-state index contributed by atoms with van der Waals surface area (Å²) in [5.41, 5.74) is 4.30. The lowest BCUT2D eigenvalue weighted by molar-refractivity contribution is -0.121. The Balaban J connectivity index is 2.34. The van der Waals surface area contributed by atoms with E-state index in [0.717, 1.165) is 11.3 Å². The maximum absolute atomic E-state index is 11.1. The second-order valence-electron chi connectivity index (χ2n) is 3.06. The van der Waals surface area contributed by atoms with E-state index in [1.54, 1.807) is 0 Å². The predicted octanol–water partition coefficient (Wildman–Crippen LogP) is 1.16. The van der Waals surface area contributed by atoms with Crippen molar-refractivity contribution in [1.29, 1.82) is 0 Å². The molecule has 0 saturated heterocycles. The van der Waals surface area contributed by atoms with Gasteiger partial charge in [0.2, 0.25) is 5.91 Å². The van der Waals surface area contributed by atoms with E-state index < -0.39 is 0 Å². The van der Waals surface area contributed by atoms with Crippen molar-refractivity contribution in [1.82, 2.24) is 5.43 Å². The molecule has 0 aliphatic carbocycles. The molecule has 1 aromatic carbocycles. The Labute approximate surface area is 76.5 Å². The van der Waals surface area contributed by atoms with Crippen LogP contribution < -0.4 is 5.43 Å². The van der Waals surface area contributed by atoms with Crippen molar-refractivity contribution in [2.24, 2.45) is 11.0 Å². The van der Waals surface area contributed by atoms with E-state index in [1.807, 2.05) is 37.3 Å². The maximum atomic E-state index is 11.1. The lowest BCUT2D eigenvalue weighted by Gasteiger charge is -2.02. The first-order valence-corrected chi connectivity index (χ1v) is 4.22. The largest absolute Gasteiger partial charge is 0.272 e. The Bertz CT molecular complexity index is 356. The fraction of sp³-hybridized carbons (Fsp3) is 0.200. The van der Waals surface area contributed by atoms with Crippen molar-refractivity contribution in [2.75, 3.05) is 0 Å². The Morgan fingerprint density at radius 2 is 2.00 bits per heavy atom. The molecule has 3 nitrogen and oxygen atoms in total. The van der Waals surface area contributed by atoms with Gasteiger partial charge in [0.05, 0.1) is 11.6 Å². The number of hydrogen-bond donors (Lipinski definition) is 1. The maximum Gasteiger partial charge on any atom is 0.249 e. The molecule has 2 rings (SSSR count). The molecule has 0 bridgehead atoms. The quantitative estimate of drug-likeness (QED) is 0.682. The van der Waals surface area contributed by atoms with Crippen molar-refractivity contribution >= 4 is 11.6 Å². The van der Waals surface area contributed by atoms with E-state index in [0.29, 0.717) is 0 Å². The molecule has 66 valence electrons. The molecule has 1 aliphatic heterocycles. The number of benzene rings is 1. The molecule has 0 radical (unpaired) electrons. The molecule has 1 atom stereocenters. The van der Waals surface area contributed by atoms with Gasteiger partial charge in [0.15, 0.2) is 0 Å². The number of hydrazone groups is 1. The van der Waals surface area contributed by atoms with Gasteiger partial charge in [-0.25, -0.2) is 5.43 Å². The third-order valence-electron chi connectivity index (χ3n) is 2.16. The summed E-state index contributed by atoms with van der Waals surface area (Å²) in [5, 5.41) is 3.99. The van der Waals surface area contributed by atoms with Crippen LogP contribution in [0.1, 0.15) is 12.5 Å². The first kappa shape index (κ1) is 7.98. The standard InChI is InChI=1S/C10H10N2O/c1-7-9(11-12-10(7)13)8-5-3-2-4-6-8/h2-7H,1H3,(H,12,13). The highest BCUT2D eigenvalue weighted by Crippen LogP contribution is 2.13. The summed E-state index contributed by atoms with van der Waals surface area (Å²) < 4.78 is 0. The average Bonchev–Trinajstić information content (AvgIpc) is 2.49. The van der Waals surface area contributed by atoms with Gasteiger partial charge < -0.3 is 0 Å². The lowest BCUT2D eigenvalue weighted by Crippen LogP contribution is -2.20. The van der Waals surface area contributed by atoms with Crippen LogP contribution in [-0.2, 0) is 4.79 Å². The summed E-state index contributed by atoms with van der Waals surface area (Å²) in [6.45, 7) is 1.86. The van der Waals surface area contributed by atoms with Crippen LogP contribution in [0.4, 0.5) is 0 Å². The molecule has 1 aromatic rings. The molecule has 0 aromatic heterocycles. The molecular weight excluding hydrogens is 164 g/mol. The van der Waals surface area contributed by atoms with Crippen LogP contribution in [0.3, 0.4) is 0 Å². The minimum absolute atomic E-state index is 0.0288. The molecule has 1 N–H and O–H groups in total. The molecule has 1 amide bonds. The summed E-state index contributed by atoms with van der Waals surface area (Å²) in [6, 6.07) is 9.73. The zero-order valence-corrected chi connectivity index (χ0v) is 7.32. The summed E-state index contributed by atoms with van der Waals surface area (Å²) >= 11 is 0. The fourth-order valence-electron chi connectivity index (χ4n) is 1.36. The molecule has 1 unspecified atom stereocenters. The van der Waals surface area contributed by atoms with E-state index in [-0.39, 0.29) is 11.8 Å². The Kier molecular flexibility index (Phi) is 1.85. The van der Waals surface area contributed by atoms with E-state index in [4.69, 9.17) is 0 Å². The Morgan fingerprint density at radius 1 is 1.31 bits per heavy atom. The van der Waals surface area contributed by atoms with E-state index >= 15 is 0 Å². The molecule has 0 saturated carbocycles. The van der Waals surface area contributed by atoms with Crippen molar-refractivity contribution in [3.05, 3.63) is 35.9 Å². The molecule has 1 heterocycles. The van der Waals surface area contributed by atoms with Gasteiger partial charge >= 0.3 is 0 Å². The van der Waals surface area contributed by atoms with Crippen LogP contribution in [0.5, 0.6) is 0 Å². The van der Waals surface area contributed by atoms with Gasteiger partial charge in [0, 0.05) is 0 Å². The third kappa shape index (κ3) is 1.33. The van der Waals surface area contributed by atoms with Crippen LogP contribution in [0.25, 0.3) is 0 Å². The van der Waals surface area contributed by atoms with Gasteiger partial charge in [-0.3, -0.25) is 4.79 Å². The highest BCUT2D eigenvalue weighted by Gasteiger charge is 2.25. The fourth-order valence-corrected chi connectivity index (χ4v) is 1.36. The average molecular weight is 174 g/mol. The normalized spacial score (nSPS) is 21.2. The smallest absolute Gasteiger partial charge is 0.249 e. The summed E-state index contributed by atoms with van der Waals surface area (Å²) in [4.78, 5) is 11.1. The zero-order chi connectivity index (χ0) is 9.26. The summed E-state index contributed by atoms with van der Waals surface area (Å²) in [6.07, 6.45) is 0. The second-order valence-corrected chi connectivity index (χ2v) is 3.06. The predicted molar refractivity (Wildman–Crippen MR) is 50.3 cm³/mol.